The van der Waals surface area contributed by atoms with Crippen LogP contribution in [0.15, 0.2) is 12.1 Å². The number of halogens is 4. The third-order valence-corrected chi connectivity index (χ3v) is 2.61. The van der Waals surface area contributed by atoms with Gasteiger partial charge < -0.3 is 10.8 Å². The normalized spacial score (nSPS) is 11.5. The molecule has 0 radical (unpaired) electrons. The Kier molecular flexibility index (Phi) is 3.12. The molecule has 0 unspecified atom stereocenters. The second-order valence-corrected chi connectivity index (χ2v) is 3.88. The molecule has 0 saturated heterocycles. The third-order valence-electron chi connectivity index (χ3n) is 1.67. The minimum atomic E-state index is -4.72. The van der Waals surface area contributed by atoms with Gasteiger partial charge in [0.2, 0.25) is 0 Å². The first-order chi connectivity index (χ1) is 6.73. The zero-order chi connectivity index (χ0) is 11.8. The van der Waals surface area contributed by atoms with E-state index in [0.29, 0.717) is 6.07 Å². The summed E-state index contributed by atoms with van der Waals surface area (Å²) in [6.07, 6.45) is -4.72. The predicted octanol–water partition coefficient (Wildman–Crippen LogP) is 2.59. The molecule has 0 aliphatic carbocycles. The Morgan fingerprint density at radius 1 is 1.40 bits per heavy atom. The molecule has 0 atom stereocenters. The Balaban J connectivity index is 3.49. The maximum Gasteiger partial charge on any atom is 0.417 e. The van der Waals surface area contributed by atoms with E-state index in [1.807, 2.05) is 0 Å². The van der Waals surface area contributed by atoms with Crippen LogP contribution in [-0.4, -0.2) is 11.1 Å². The summed E-state index contributed by atoms with van der Waals surface area (Å²) in [4.78, 5) is 10.6. The van der Waals surface area contributed by atoms with Gasteiger partial charge in [0.05, 0.1) is 11.1 Å². The number of benzene rings is 1. The van der Waals surface area contributed by atoms with Crippen LogP contribution in [0.5, 0.6) is 0 Å². The minimum absolute atomic E-state index is 0.0899. The summed E-state index contributed by atoms with van der Waals surface area (Å²) in [5, 5.41) is 8.60. The second-order valence-electron chi connectivity index (χ2n) is 2.72. The van der Waals surface area contributed by atoms with Gasteiger partial charge in [-0.05, 0) is 34.7 Å². The van der Waals surface area contributed by atoms with Gasteiger partial charge in [-0.3, -0.25) is 0 Å². The molecule has 15 heavy (non-hydrogen) atoms. The summed E-state index contributed by atoms with van der Waals surface area (Å²) in [5.41, 5.74) is 3.18. The molecule has 1 aromatic carbocycles. The lowest BCUT2D eigenvalue weighted by molar-refractivity contribution is -0.138. The van der Waals surface area contributed by atoms with E-state index in [2.05, 4.69) is 0 Å². The number of hydrogen-bond donors (Lipinski definition) is 2. The molecule has 0 aliphatic heterocycles. The molecule has 0 bridgehead atoms. The van der Waals surface area contributed by atoms with Crippen LogP contribution in [0.4, 0.5) is 18.9 Å². The Bertz CT molecular complexity index is 417. The highest BCUT2D eigenvalue weighted by Gasteiger charge is 2.35. The fourth-order valence-corrected chi connectivity index (χ4v) is 1.47. The van der Waals surface area contributed by atoms with Crippen LogP contribution in [0, 0.1) is 3.57 Å². The van der Waals surface area contributed by atoms with Gasteiger partial charge in [-0.2, -0.15) is 13.2 Å². The van der Waals surface area contributed by atoms with Crippen LogP contribution < -0.4 is 5.73 Å². The van der Waals surface area contributed by atoms with E-state index in [0.717, 1.165) is 6.07 Å². The Morgan fingerprint density at radius 3 is 2.33 bits per heavy atom. The molecular weight excluding hydrogens is 326 g/mol. The molecule has 0 amide bonds. The van der Waals surface area contributed by atoms with E-state index in [4.69, 9.17) is 10.8 Å². The largest absolute Gasteiger partial charge is 0.478 e. The highest BCUT2D eigenvalue weighted by molar-refractivity contribution is 14.1. The molecule has 0 aliphatic rings. The molecule has 0 heterocycles. The number of carbonyl (C=O) groups is 1. The molecule has 1 rings (SSSR count). The van der Waals surface area contributed by atoms with E-state index < -0.39 is 23.3 Å². The number of aromatic carboxylic acids is 1. The van der Waals surface area contributed by atoms with Gasteiger partial charge in [-0.15, -0.1) is 0 Å². The van der Waals surface area contributed by atoms with Crippen molar-refractivity contribution in [2.24, 2.45) is 0 Å². The second kappa shape index (κ2) is 3.87. The first kappa shape index (κ1) is 12.1. The van der Waals surface area contributed by atoms with E-state index in [-0.39, 0.29) is 9.26 Å². The zero-order valence-corrected chi connectivity index (χ0v) is 9.26. The van der Waals surface area contributed by atoms with Crippen LogP contribution in [-0.2, 0) is 6.18 Å². The molecule has 82 valence electrons. The average Bonchev–Trinajstić information content (AvgIpc) is 2.06. The lowest BCUT2D eigenvalue weighted by atomic mass is 10.1. The van der Waals surface area contributed by atoms with Gasteiger partial charge in [0.25, 0.3) is 0 Å². The zero-order valence-electron chi connectivity index (χ0n) is 7.10. The maximum absolute atomic E-state index is 12.4. The number of nitrogen functional groups attached to an aromatic ring is 1. The average molecular weight is 331 g/mol. The molecule has 0 spiro atoms. The smallest absolute Gasteiger partial charge is 0.417 e. The highest BCUT2D eigenvalue weighted by atomic mass is 127. The first-order valence-electron chi connectivity index (χ1n) is 3.63. The monoisotopic (exact) mass is 331 g/mol. The van der Waals surface area contributed by atoms with Crippen molar-refractivity contribution in [3.63, 3.8) is 0 Å². The standard InChI is InChI=1S/C8H5F3INO2/c9-8(10,11)4-2-6(13)5(12)1-3(4)7(14)15/h1-2H,13H2,(H,14,15). The van der Waals surface area contributed by atoms with Gasteiger partial charge in [-0.1, -0.05) is 0 Å². The molecule has 1 aromatic rings. The number of anilines is 1. The van der Waals surface area contributed by atoms with Gasteiger partial charge in [0.1, 0.15) is 0 Å². The number of nitrogens with two attached hydrogens (primary N) is 1. The fraction of sp³-hybridized carbons (Fsp3) is 0.125. The van der Waals surface area contributed by atoms with E-state index >= 15 is 0 Å². The Labute approximate surface area is 96.2 Å². The van der Waals surface area contributed by atoms with Crippen LogP contribution in [0.2, 0.25) is 0 Å². The lowest BCUT2D eigenvalue weighted by Crippen LogP contribution is -2.14. The molecule has 0 fully saturated rings. The quantitative estimate of drug-likeness (QED) is 0.614. The van der Waals surface area contributed by atoms with Gasteiger partial charge >= 0.3 is 12.1 Å². The van der Waals surface area contributed by atoms with Crippen LogP contribution in [0.1, 0.15) is 15.9 Å². The van der Waals surface area contributed by atoms with Crippen molar-refractivity contribution in [3.8, 4) is 0 Å². The van der Waals surface area contributed by atoms with E-state index in [1.54, 1.807) is 22.6 Å². The van der Waals surface area contributed by atoms with Crippen molar-refractivity contribution in [1.82, 2.24) is 0 Å². The summed E-state index contributed by atoms with van der Waals surface area (Å²) < 4.78 is 37.5. The number of carboxylic acid groups (broad SMARTS) is 1. The molecule has 3 nitrogen and oxygen atoms in total. The molecule has 3 N–H and O–H groups in total. The van der Waals surface area contributed by atoms with Crippen molar-refractivity contribution in [1.29, 1.82) is 0 Å². The van der Waals surface area contributed by atoms with Gasteiger partial charge in [0, 0.05) is 9.26 Å². The van der Waals surface area contributed by atoms with Crippen molar-refractivity contribution >= 4 is 34.2 Å². The Morgan fingerprint density at radius 2 is 1.93 bits per heavy atom. The van der Waals surface area contributed by atoms with Gasteiger partial charge in [0.15, 0.2) is 0 Å². The SMILES string of the molecule is Nc1cc(C(F)(F)F)c(C(=O)O)cc1I. The summed E-state index contributed by atoms with van der Waals surface area (Å²) >= 11 is 1.67. The van der Waals surface area contributed by atoms with Crippen molar-refractivity contribution in [2.75, 3.05) is 5.73 Å². The predicted molar refractivity (Wildman–Crippen MR) is 55.5 cm³/mol. The highest BCUT2D eigenvalue weighted by Crippen LogP contribution is 2.34. The van der Waals surface area contributed by atoms with E-state index in [1.165, 1.54) is 0 Å². The fourth-order valence-electron chi connectivity index (χ4n) is 1.00. The van der Waals surface area contributed by atoms with Crippen LogP contribution in [0.3, 0.4) is 0 Å². The third kappa shape index (κ3) is 2.52. The van der Waals surface area contributed by atoms with Crippen molar-refractivity contribution < 1.29 is 23.1 Å². The first-order valence-corrected chi connectivity index (χ1v) is 4.71. The minimum Gasteiger partial charge on any atom is -0.478 e. The maximum atomic E-state index is 12.4. The summed E-state index contributed by atoms with van der Waals surface area (Å²) in [6.45, 7) is 0. The molecule has 0 saturated carbocycles. The lowest BCUT2D eigenvalue weighted by Gasteiger charge is -2.11. The topological polar surface area (TPSA) is 63.3 Å². The van der Waals surface area contributed by atoms with E-state index in [9.17, 15) is 18.0 Å². The number of alkyl halides is 3. The number of rotatable bonds is 1. The summed E-state index contributed by atoms with van der Waals surface area (Å²) in [6, 6.07) is 1.53. The molecule has 0 aromatic heterocycles. The summed E-state index contributed by atoms with van der Waals surface area (Å²) in [5.74, 6) is -1.62. The van der Waals surface area contributed by atoms with Crippen LogP contribution >= 0.6 is 22.6 Å². The van der Waals surface area contributed by atoms with Crippen molar-refractivity contribution in [3.05, 3.63) is 26.8 Å². The number of carboxylic acids is 1. The van der Waals surface area contributed by atoms with Crippen molar-refractivity contribution in [2.45, 2.75) is 6.18 Å². The Hall–Kier alpha value is -0.990. The van der Waals surface area contributed by atoms with Gasteiger partial charge in [-0.25, -0.2) is 4.79 Å². The summed E-state index contributed by atoms with van der Waals surface area (Å²) in [7, 11) is 0. The number of hydrogen-bond acceptors (Lipinski definition) is 2. The van der Waals surface area contributed by atoms with Crippen LogP contribution in [0.25, 0.3) is 0 Å². The molecule has 7 heteroatoms. The molecular formula is C8H5F3INO2.